The Kier molecular flexibility index (Phi) is 4.91. The molecule has 0 aliphatic carbocycles. The van der Waals surface area contributed by atoms with Crippen LogP contribution in [0.15, 0.2) is 42.5 Å². The van der Waals surface area contributed by atoms with Gasteiger partial charge in [-0.25, -0.2) is 0 Å². The van der Waals surface area contributed by atoms with Crippen LogP contribution in [0.4, 0.5) is 5.82 Å². The van der Waals surface area contributed by atoms with E-state index in [0.29, 0.717) is 12.0 Å². The molecule has 2 aromatic rings. The normalized spacial score (nSPS) is 21.1. The summed E-state index contributed by atoms with van der Waals surface area (Å²) in [5.41, 5.74) is 2.05. The van der Waals surface area contributed by atoms with Crippen molar-refractivity contribution in [3.63, 3.8) is 0 Å². The average Bonchev–Trinajstić information content (AvgIpc) is 3.00. The lowest BCUT2D eigenvalue weighted by Crippen LogP contribution is -2.35. The number of benzene rings is 1. The lowest BCUT2D eigenvalue weighted by atomic mass is 9.98. The minimum absolute atomic E-state index is 0.602. The number of anilines is 1. The highest BCUT2D eigenvalue weighted by molar-refractivity contribution is 5.59. The maximum Gasteiger partial charge on any atom is 0.151 e. The van der Waals surface area contributed by atoms with Gasteiger partial charge in [0.1, 0.15) is 0 Å². The summed E-state index contributed by atoms with van der Waals surface area (Å²) in [4.78, 5) is 4.73. The number of nitrogens with zero attached hydrogens (tertiary/aromatic N) is 4. The van der Waals surface area contributed by atoms with E-state index in [4.69, 9.17) is 0 Å². The maximum atomic E-state index is 4.48. The minimum Gasteiger partial charge on any atom is -0.353 e. The van der Waals surface area contributed by atoms with Crippen LogP contribution in [-0.4, -0.2) is 48.3 Å². The van der Waals surface area contributed by atoms with Crippen molar-refractivity contribution in [2.45, 2.75) is 25.8 Å². The van der Waals surface area contributed by atoms with Crippen molar-refractivity contribution >= 4 is 5.82 Å². The first kappa shape index (κ1) is 15.9. The maximum absolute atomic E-state index is 4.48. The van der Waals surface area contributed by atoms with E-state index in [2.05, 4.69) is 65.3 Å². The third-order valence-electron chi connectivity index (χ3n) is 4.77. The Morgan fingerprint density at radius 3 is 2.43 bits per heavy atom. The molecule has 122 valence electrons. The molecule has 1 saturated heterocycles. The van der Waals surface area contributed by atoms with E-state index >= 15 is 0 Å². The molecule has 4 nitrogen and oxygen atoms in total. The zero-order valence-corrected chi connectivity index (χ0v) is 14.3. The molecule has 1 aliphatic rings. The summed E-state index contributed by atoms with van der Waals surface area (Å²) in [6, 6.07) is 15.0. The number of hydrogen-bond acceptors (Lipinski definition) is 4. The molecular formula is C19H26N4. The van der Waals surface area contributed by atoms with Gasteiger partial charge in [0, 0.05) is 24.7 Å². The summed E-state index contributed by atoms with van der Waals surface area (Å²) in [6.45, 7) is 4.39. The molecule has 23 heavy (non-hydrogen) atoms. The van der Waals surface area contributed by atoms with Crippen LogP contribution in [0.3, 0.4) is 0 Å². The lowest BCUT2D eigenvalue weighted by molar-refractivity contribution is 0.246. The van der Waals surface area contributed by atoms with Crippen LogP contribution in [0.1, 0.15) is 19.8 Å². The largest absolute Gasteiger partial charge is 0.353 e. The zero-order valence-electron chi connectivity index (χ0n) is 14.3. The van der Waals surface area contributed by atoms with Crippen LogP contribution >= 0.6 is 0 Å². The SMILES string of the molecule is CCC[C@@H]1CN(c2ccc(-c3ccccc3)nn2)C[C@H]1N(C)C. The van der Waals surface area contributed by atoms with Gasteiger partial charge in [0.15, 0.2) is 5.82 Å². The molecule has 0 radical (unpaired) electrons. The predicted molar refractivity (Wildman–Crippen MR) is 95.6 cm³/mol. The standard InChI is InChI=1S/C19H26N4/c1-4-8-16-13-23(14-18(16)22(2)3)19-12-11-17(20-21-19)15-9-6-5-7-10-15/h5-7,9-12,16,18H,4,8,13-14H2,1-3H3/t16-,18-/m1/s1. The van der Waals surface area contributed by atoms with Gasteiger partial charge in [0.2, 0.25) is 0 Å². The van der Waals surface area contributed by atoms with Crippen molar-refractivity contribution in [3.05, 3.63) is 42.5 Å². The van der Waals surface area contributed by atoms with E-state index in [1.807, 2.05) is 18.2 Å². The van der Waals surface area contributed by atoms with Gasteiger partial charge in [-0.05, 0) is 38.6 Å². The highest BCUT2D eigenvalue weighted by Gasteiger charge is 2.34. The fraction of sp³-hybridized carbons (Fsp3) is 0.474. The minimum atomic E-state index is 0.602. The first-order valence-corrected chi connectivity index (χ1v) is 8.49. The summed E-state index contributed by atoms with van der Waals surface area (Å²) < 4.78 is 0. The predicted octanol–water partition coefficient (Wildman–Crippen LogP) is 3.31. The molecule has 1 aromatic heterocycles. The number of aromatic nitrogens is 2. The molecular weight excluding hydrogens is 284 g/mol. The van der Waals surface area contributed by atoms with E-state index in [1.165, 1.54) is 12.8 Å². The highest BCUT2D eigenvalue weighted by atomic mass is 15.3. The van der Waals surface area contributed by atoms with Crippen LogP contribution in [-0.2, 0) is 0 Å². The topological polar surface area (TPSA) is 32.3 Å². The Balaban J connectivity index is 1.75. The van der Waals surface area contributed by atoms with Crippen LogP contribution in [0.2, 0.25) is 0 Å². The van der Waals surface area contributed by atoms with E-state index in [0.717, 1.165) is 30.2 Å². The van der Waals surface area contributed by atoms with Crippen molar-refractivity contribution < 1.29 is 0 Å². The summed E-state index contributed by atoms with van der Waals surface area (Å²) in [5.74, 6) is 1.71. The second-order valence-electron chi connectivity index (χ2n) is 6.63. The molecule has 0 saturated carbocycles. The van der Waals surface area contributed by atoms with Crippen LogP contribution in [0.25, 0.3) is 11.3 Å². The van der Waals surface area contributed by atoms with Gasteiger partial charge in [-0.1, -0.05) is 43.7 Å². The number of likely N-dealkylation sites (N-methyl/N-ethyl adjacent to an activating group) is 1. The Morgan fingerprint density at radius 1 is 1.04 bits per heavy atom. The molecule has 0 amide bonds. The van der Waals surface area contributed by atoms with Gasteiger partial charge >= 0.3 is 0 Å². The summed E-state index contributed by atoms with van der Waals surface area (Å²) in [7, 11) is 4.36. The molecule has 1 aliphatic heterocycles. The van der Waals surface area contributed by atoms with Crippen molar-refractivity contribution in [1.29, 1.82) is 0 Å². The van der Waals surface area contributed by atoms with Crippen LogP contribution < -0.4 is 4.90 Å². The van der Waals surface area contributed by atoms with Gasteiger partial charge in [-0.2, -0.15) is 0 Å². The number of hydrogen-bond donors (Lipinski definition) is 0. The Morgan fingerprint density at radius 2 is 1.83 bits per heavy atom. The van der Waals surface area contributed by atoms with Crippen molar-refractivity contribution in [2.24, 2.45) is 5.92 Å². The second-order valence-corrected chi connectivity index (χ2v) is 6.63. The van der Waals surface area contributed by atoms with Crippen LogP contribution in [0, 0.1) is 5.92 Å². The van der Waals surface area contributed by atoms with Gasteiger partial charge in [0.25, 0.3) is 0 Å². The zero-order chi connectivity index (χ0) is 16.2. The summed E-state index contributed by atoms with van der Waals surface area (Å²) >= 11 is 0. The highest BCUT2D eigenvalue weighted by Crippen LogP contribution is 2.28. The van der Waals surface area contributed by atoms with Crippen molar-refractivity contribution in [2.75, 3.05) is 32.1 Å². The van der Waals surface area contributed by atoms with E-state index in [9.17, 15) is 0 Å². The molecule has 0 N–H and O–H groups in total. The van der Waals surface area contributed by atoms with Gasteiger partial charge in [-0.15, -0.1) is 10.2 Å². The molecule has 2 heterocycles. The second kappa shape index (κ2) is 7.09. The van der Waals surface area contributed by atoms with E-state index in [1.54, 1.807) is 0 Å². The van der Waals surface area contributed by atoms with E-state index in [-0.39, 0.29) is 0 Å². The summed E-state index contributed by atoms with van der Waals surface area (Å²) in [5, 5.41) is 8.91. The molecule has 0 unspecified atom stereocenters. The van der Waals surface area contributed by atoms with E-state index < -0.39 is 0 Å². The third-order valence-corrected chi connectivity index (χ3v) is 4.77. The molecule has 3 rings (SSSR count). The van der Waals surface area contributed by atoms with Gasteiger partial charge in [-0.3, -0.25) is 0 Å². The average molecular weight is 310 g/mol. The summed E-state index contributed by atoms with van der Waals surface area (Å²) in [6.07, 6.45) is 2.51. The molecule has 0 spiro atoms. The quantitative estimate of drug-likeness (QED) is 0.848. The first-order chi connectivity index (χ1) is 11.2. The fourth-order valence-corrected chi connectivity index (χ4v) is 3.54. The van der Waals surface area contributed by atoms with Crippen molar-refractivity contribution in [1.82, 2.24) is 15.1 Å². The Labute approximate surface area is 139 Å². The smallest absolute Gasteiger partial charge is 0.151 e. The third kappa shape index (κ3) is 3.53. The molecule has 1 aromatic carbocycles. The molecule has 4 heteroatoms. The fourth-order valence-electron chi connectivity index (χ4n) is 3.54. The van der Waals surface area contributed by atoms with Gasteiger partial charge < -0.3 is 9.80 Å². The monoisotopic (exact) mass is 310 g/mol. The van der Waals surface area contributed by atoms with Crippen molar-refractivity contribution in [3.8, 4) is 11.3 Å². The first-order valence-electron chi connectivity index (χ1n) is 8.49. The Bertz CT molecular complexity index is 609. The molecule has 1 fully saturated rings. The number of rotatable bonds is 5. The molecule has 2 atom stereocenters. The lowest BCUT2D eigenvalue weighted by Gasteiger charge is -2.24. The molecule has 0 bridgehead atoms. The Hall–Kier alpha value is -1.94. The van der Waals surface area contributed by atoms with Gasteiger partial charge in [0.05, 0.1) is 5.69 Å². The van der Waals surface area contributed by atoms with Crippen LogP contribution in [0.5, 0.6) is 0 Å².